The Morgan fingerprint density at radius 1 is 1.10 bits per heavy atom. The molecule has 1 aliphatic rings. The van der Waals surface area contributed by atoms with Crippen LogP contribution in [-0.4, -0.2) is 40.7 Å². The van der Waals surface area contributed by atoms with Gasteiger partial charge in [0.05, 0.1) is 23.1 Å². The average Bonchev–Trinajstić information content (AvgIpc) is 2.73. The monoisotopic (exact) mass is 394 g/mol. The summed E-state index contributed by atoms with van der Waals surface area (Å²) in [5.74, 6) is -0.465. The van der Waals surface area contributed by atoms with Crippen LogP contribution in [0.1, 0.15) is 58.2 Å². The SMILES string of the molecule is CC(=O)Nc1cnc(C)c(C(=O)NCc2cccc(C(=O)N3CCCCC3)c2)c1. The minimum absolute atomic E-state index is 0.0425. The van der Waals surface area contributed by atoms with Gasteiger partial charge in [-0.05, 0) is 49.9 Å². The highest BCUT2D eigenvalue weighted by molar-refractivity contribution is 5.97. The summed E-state index contributed by atoms with van der Waals surface area (Å²) >= 11 is 0. The molecule has 3 rings (SSSR count). The number of nitrogens with one attached hydrogen (secondary N) is 2. The summed E-state index contributed by atoms with van der Waals surface area (Å²) in [4.78, 5) is 42.6. The molecule has 152 valence electrons. The van der Waals surface area contributed by atoms with E-state index in [9.17, 15) is 14.4 Å². The molecule has 1 aromatic heterocycles. The van der Waals surface area contributed by atoms with Crippen molar-refractivity contribution in [3.8, 4) is 0 Å². The van der Waals surface area contributed by atoms with Gasteiger partial charge in [0.25, 0.3) is 11.8 Å². The van der Waals surface area contributed by atoms with Gasteiger partial charge in [-0.3, -0.25) is 19.4 Å². The number of carbonyl (C=O) groups is 3. The molecule has 1 aromatic carbocycles. The van der Waals surface area contributed by atoms with E-state index in [2.05, 4.69) is 15.6 Å². The molecule has 2 aromatic rings. The number of benzene rings is 1. The Bertz CT molecular complexity index is 920. The van der Waals surface area contributed by atoms with Crippen LogP contribution in [0.25, 0.3) is 0 Å². The number of likely N-dealkylation sites (tertiary alicyclic amines) is 1. The number of hydrogen-bond donors (Lipinski definition) is 2. The third kappa shape index (κ3) is 5.40. The topological polar surface area (TPSA) is 91.4 Å². The van der Waals surface area contributed by atoms with Gasteiger partial charge >= 0.3 is 0 Å². The fourth-order valence-corrected chi connectivity index (χ4v) is 3.41. The molecular weight excluding hydrogens is 368 g/mol. The van der Waals surface area contributed by atoms with E-state index in [-0.39, 0.29) is 17.7 Å². The van der Waals surface area contributed by atoms with Gasteiger partial charge in [-0.15, -0.1) is 0 Å². The van der Waals surface area contributed by atoms with Gasteiger partial charge in [-0.2, -0.15) is 0 Å². The Labute approximate surface area is 170 Å². The van der Waals surface area contributed by atoms with E-state index >= 15 is 0 Å². The van der Waals surface area contributed by atoms with E-state index in [1.54, 1.807) is 13.0 Å². The second-order valence-electron chi connectivity index (χ2n) is 7.27. The number of anilines is 1. The van der Waals surface area contributed by atoms with Crippen molar-refractivity contribution in [2.24, 2.45) is 0 Å². The molecular formula is C22H26N4O3. The van der Waals surface area contributed by atoms with Crippen LogP contribution in [0.4, 0.5) is 5.69 Å². The zero-order chi connectivity index (χ0) is 20.8. The van der Waals surface area contributed by atoms with Gasteiger partial charge in [0.1, 0.15) is 0 Å². The molecule has 0 bridgehead atoms. The Morgan fingerprint density at radius 3 is 2.59 bits per heavy atom. The molecule has 0 unspecified atom stereocenters. The smallest absolute Gasteiger partial charge is 0.253 e. The largest absolute Gasteiger partial charge is 0.348 e. The van der Waals surface area contributed by atoms with Gasteiger partial charge < -0.3 is 15.5 Å². The van der Waals surface area contributed by atoms with Gasteiger partial charge in [0, 0.05) is 32.1 Å². The van der Waals surface area contributed by atoms with Crippen molar-refractivity contribution in [3.63, 3.8) is 0 Å². The highest BCUT2D eigenvalue weighted by Crippen LogP contribution is 2.15. The maximum absolute atomic E-state index is 12.7. The highest BCUT2D eigenvalue weighted by Gasteiger charge is 2.18. The third-order valence-corrected chi connectivity index (χ3v) is 4.92. The van der Waals surface area contributed by atoms with Crippen molar-refractivity contribution in [1.82, 2.24) is 15.2 Å². The van der Waals surface area contributed by atoms with Crippen molar-refractivity contribution in [3.05, 3.63) is 58.9 Å². The predicted molar refractivity (Wildman–Crippen MR) is 111 cm³/mol. The van der Waals surface area contributed by atoms with Crippen LogP contribution in [0.3, 0.4) is 0 Å². The lowest BCUT2D eigenvalue weighted by atomic mass is 10.1. The van der Waals surface area contributed by atoms with Crippen LogP contribution in [0.5, 0.6) is 0 Å². The van der Waals surface area contributed by atoms with E-state index in [4.69, 9.17) is 0 Å². The van der Waals surface area contributed by atoms with Gasteiger partial charge in [-0.25, -0.2) is 0 Å². The molecule has 1 aliphatic heterocycles. The van der Waals surface area contributed by atoms with Crippen LogP contribution >= 0.6 is 0 Å². The van der Waals surface area contributed by atoms with E-state index in [1.807, 2.05) is 29.2 Å². The number of piperidine rings is 1. The first-order valence-electron chi connectivity index (χ1n) is 9.84. The van der Waals surface area contributed by atoms with Crippen LogP contribution in [0.15, 0.2) is 36.5 Å². The number of aryl methyl sites for hydroxylation is 1. The van der Waals surface area contributed by atoms with E-state index in [0.29, 0.717) is 29.1 Å². The predicted octanol–water partition coefficient (Wildman–Crippen LogP) is 2.90. The number of carbonyl (C=O) groups excluding carboxylic acids is 3. The molecule has 2 N–H and O–H groups in total. The molecule has 0 radical (unpaired) electrons. The molecule has 7 heteroatoms. The molecule has 0 aliphatic carbocycles. The van der Waals surface area contributed by atoms with Crippen molar-refractivity contribution in [2.75, 3.05) is 18.4 Å². The second kappa shape index (κ2) is 9.32. The van der Waals surface area contributed by atoms with Gasteiger partial charge in [-0.1, -0.05) is 12.1 Å². The van der Waals surface area contributed by atoms with E-state index in [1.165, 1.54) is 19.5 Å². The molecule has 3 amide bonds. The lowest BCUT2D eigenvalue weighted by molar-refractivity contribution is -0.114. The Kier molecular flexibility index (Phi) is 6.59. The summed E-state index contributed by atoms with van der Waals surface area (Å²) in [7, 11) is 0. The maximum atomic E-state index is 12.7. The molecule has 0 saturated carbocycles. The molecule has 1 saturated heterocycles. The van der Waals surface area contributed by atoms with Crippen molar-refractivity contribution in [2.45, 2.75) is 39.7 Å². The summed E-state index contributed by atoms with van der Waals surface area (Å²) < 4.78 is 0. The molecule has 29 heavy (non-hydrogen) atoms. The standard InChI is InChI=1S/C22H26N4O3/c1-15-20(12-19(14-23-15)25-16(2)27)21(28)24-13-17-7-6-8-18(11-17)22(29)26-9-4-3-5-10-26/h6-8,11-12,14H,3-5,9-10,13H2,1-2H3,(H,24,28)(H,25,27). The summed E-state index contributed by atoms with van der Waals surface area (Å²) in [5.41, 5.74) is 2.94. The lowest BCUT2D eigenvalue weighted by Crippen LogP contribution is -2.35. The summed E-state index contributed by atoms with van der Waals surface area (Å²) in [6.07, 6.45) is 4.79. The summed E-state index contributed by atoms with van der Waals surface area (Å²) in [6, 6.07) is 8.97. The van der Waals surface area contributed by atoms with Crippen molar-refractivity contribution >= 4 is 23.4 Å². The fourth-order valence-electron chi connectivity index (χ4n) is 3.41. The Morgan fingerprint density at radius 2 is 1.86 bits per heavy atom. The maximum Gasteiger partial charge on any atom is 0.253 e. The molecule has 7 nitrogen and oxygen atoms in total. The number of pyridine rings is 1. The number of aromatic nitrogens is 1. The number of nitrogens with zero attached hydrogens (tertiary/aromatic N) is 2. The fraction of sp³-hybridized carbons (Fsp3) is 0.364. The Balaban J connectivity index is 1.66. The quantitative estimate of drug-likeness (QED) is 0.816. The Hall–Kier alpha value is -3.22. The van der Waals surface area contributed by atoms with E-state index < -0.39 is 0 Å². The van der Waals surface area contributed by atoms with Crippen LogP contribution in [0.2, 0.25) is 0 Å². The first-order chi connectivity index (χ1) is 13.9. The highest BCUT2D eigenvalue weighted by atomic mass is 16.2. The normalized spacial score (nSPS) is 13.7. The average molecular weight is 394 g/mol. The number of hydrogen-bond acceptors (Lipinski definition) is 4. The van der Waals surface area contributed by atoms with Crippen LogP contribution in [-0.2, 0) is 11.3 Å². The molecule has 0 spiro atoms. The summed E-state index contributed by atoms with van der Waals surface area (Å²) in [6.45, 7) is 5.04. The minimum Gasteiger partial charge on any atom is -0.348 e. The van der Waals surface area contributed by atoms with Crippen LogP contribution < -0.4 is 10.6 Å². The summed E-state index contributed by atoms with van der Waals surface area (Å²) in [5, 5.41) is 5.49. The van der Waals surface area contributed by atoms with Gasteiger partial charge in [0.2, 0.25) is 5.91 Å². The minimum atomic E-state index is -0.282. The van der Waals surface area contributed by atoms with Gasteiger partial charge in [0.15, 0.2) is 0 Å². The molecule has 2 heterocycles. The number of rotatable bonds is 5. The van der Waals surface area contributed by atoms with Crippen LogP contribution in [0, 0.1) is 6.92 Å². The molecule has 1 fully saturated rings. The zero-order valence-corrected chi connectivity index (χ0v) is 16.8. The second-order valence-corrected chi connectivity index (χ2v) is 7.27. The zero-order valence-electron chi connectivity index (χ0n) is 16.8. The van der Waals surface area contributed by atoms with Crippen molar-refractivity contribution in [1.29, 1.82) is 0 Å². The number of amides is 3. The first kappa shape index (κ1) is 20.5. The first-order valence-corrected chi connectivity index (χ1v) is 9.84. The van der Waals surface area contributed by atoms with Crippen molar-refractivity contribution < 1.29 is 14.4 Å². The molecule has 0 atom stereocenters. The van der Waals surface area contributed by atoms with E-state index in [0.717, 1.165) is 31.5 Å². The lowest BCUT2D eigenvalue weighted by Gasteiger charge is -2.26. The third-order valence-electron chi connectivity index (χ3n) is 4.92.